The van der Waals surface area contributed by atoms with Crippen LogP contribution in [0.3, 0.4) is 0 Å². The Bertz CT molecular complexity index is 379. The van der Waals surface area contributed by atoms with Gasteiger partial charge in [-0.25, -0.2) is 0 Å². The highest BCUT2D eigenvalue weighted by atomic mass is 16.5. The number of ether oxygens (including phenoxy) is 1. The second-order valence-electron chi connectivity index (χ2n) is 5.19. The minimum Gasteiger partial charge on any atom is -0.369 e. The Labute approximate surface area is 121 Å². The van der Waals surface area contributed by atoms with Gasteiger partial charge in [-0.05, 0) is 39.3 Å². The van der Waals surface area contributed by atoms with Gasteiger partial charge in [0, 0.05) is 19.2 Å². The van der Waals surface area contributed by atoms with Gasteiger partial charge < -0.3 is 15.4 Å². The molecule has 0 saturated heterocycles. The van der Waals surface area contributed by atoms with E-state index in [1.54, 1.807) is 6.92 Å². The van der Waals surface area contributed by atoms with E-state index >= 15 is 0 Å². The fourth-order valence-electron chi connectivity index (χ4n) is 1.76. The van der Waals surface area contributed by atoms with E-state index in [-0.39, 0.29) is 18.1 Å². The van der Waals surface area contributed by atoms with Crippen molar-refractivity contribution in [2.24, 2.45) is 0 Å². The van der Waals surface area contributed by atoms with Crippen molar-refractivity contribution in [3.05, 3.63) is 35.9 Å². The minimum atomic E-state index is -0.383. The van der Waals surface area contributed by atoms with Gasteiger partial charge >= 0.3 is 0 Å². The van der Waals surface area contributed by atoms with Crippen LogP contribution in [0.15, 0.2) is 30.3 Å². The van der Waals surface area contributed by atoms with Gasteiger partial charge in [-0.15, -0.1) is 0 Å². The molecule has 0 radical (unpaired) electrons. The second-order valence-corrected chi connectivity index (χ2v) is 5.19. The number of carbonyl (C=O) groups excluding carboxylic acids is 1. The third kappa shape index (κ3) is 7.26. The predicted octanol–water partition coefficient (Wildman–Crippen LogP) is 2.10. The lowest BCUT2D eigenvalue weighted by molar-refractivity contribution is -0.132. The summed E-state index contributed by atoms with van der Waals surface area (Å²) in [6, 6.07) is 10.4. The van der Waals surface area contributed by atoms with E-state index < -0.39 is 0 Å². The Kier molecular flexibility index (Phi) is 7.92. The number of carbonyl (C=O) groups is 1. The number of hydrogen-bond donors (Lipinski definition) is 2. The SMILES string of the molecule is CC(C)NC(=O)C(C)OCCCNCc1ccccc1. The van der Waals surface area contributed by atoms with Crippen LogP contribution >= 0.6 is 0 Å². The predicted molar refractivity (Wildman–Crippen MR) is 81.5 cm³/mol. The van der Waals surface area contributed by atoms with E-state index in [1.807, 2.05) is 32.0 Å². The van der Waals surface area contributed by atoms with Gasteiger partial charge in [-0.1, -0.05) is 30.3 Å². The summed E-state index contributed by atoms with van der Waals surface area (Å²) in [6.07, 6.45) is 0.512. The van der Waals surface area contributed by atoms with Crippen LogP contribution in [0.5, 0.6) is 0 Å². The smallest absolute Gasteiger partial charge is 0.249 e. The normalized spacial score (nSPS) is 12.4. The van der Waals surface area contributed by atoms with E-state index in [1.165, 1.54) is 5.56 Å². The maximum atomic E-state index is 11.6. The quantitative estimate of drug-likeness (QED) is 0.680. The van der Waals surface area contributed by atoms with Gasteiger partial charge in [0.15, 0.2) is 0 Å². The van der Waals surface area contributed by atoms with Crippen LogP contribution in [-0.4, -0.2) is 31.2 Å². The lowest BCUT2D eigenvalue weighted by Gasteiger charge is -2.15. The maximum Gasteiger partial charge on any atom is 0.249 e. The average molecular weight is 278 g/mol. The Morgan fingerprint density at radius 2 is 1.90 bits per heavy atom. The van der Waals surface area contributed by atoms with Crippen molar-refractivity contribution in [1.82, 2.24) is 10.6 Å². The molecular formula is C16H26N2O2. The molecule has 1 aromatic carbocycles. The fourth-order valence-corrected chi connectivity index (χ4v) is 1.76. The number of nitrogens with one attached hydrogen (secondary N) is 2. The third-order valence-corrected chi connectivity index (χ3v) is 2.84. The molecule has 1 amide bonds. The van der Waals surface area contributed by atoms with E-state index in [2.05, 4.69) is 22.8 Å². The summed E-state index contributed by atoms with van der Waals surface area (Å²) in [5.41, 5.74) is 1.28. The zero-order chi connectivity index (χ0) is 14.8. The highest BCUT2D eigenvalue weighted by Gasteiger charge is 2.13. The van der Waals surface area contributed by atoms with E-state index in [4.69, 9.17) is 4.74 Å². The third-order valence-electron chi connectivity index (χ3n) is 2.84. The second kappa shape index (κ2) is 9.50. The molecule has 4 nitrogen and oxygen atoms in total. The Hall–Kier alpha value is -1.39. The molecule has 1 rings (SSSR count). The lowest BCUT2D eigenvalue weighted by atomic mass is 10.2. The average Bonchev–Trinajstić information content (AvgIpc) is 2.42. The van der Waals surface area contributed by atoms with Crippen molar-refractivity contribution in [1.29, 1.82) is 0 Å². The monoisotopic (exact) mass is 278 g/mol. The molecule has 4 heteroatoms. The first-order valence-corrected chi connectivity index (χ1v) is 7.26. The first kappa shape index (κ1) is 16.7. The molecule has 0 aliphatic rings. The molecule has 1 atom stereocenters. The molecule has 0 aromatic heterocycles. The van der Waals surface area contributed by atoms with E-state index in [0.717, 1.165) is 19.5 Å². The Balaban J connectivity index is 2.03. The van der Waals surface area contributed by atoms with Gasteiger partial charge in [0.25, 0.3) is 0 Å². The van der Waals surface area contributed by atoms with Crippen molar-refractivity contribution in [2.45, 2.75) is 45.9 Å². The van der Waals surface area contributed by atoms with Crippen LogP contribution in [-0.2, 0) is 16.1 Å². The van der Waals surface area contributed by atoms with Crippen LogP contribution in [0.1, 0.15) is 32.8 Å². The molecule has 0 heterocycles. The van der Waals surface area contributed by atoms with Crippen molar-refractivity contribution in [3.8, 4) is 0 Å². The first-order chi connectivity index (χ1) is 9.59. The van der Waals surface area contributed by atoms with Gasteiger partial charge in [0.2, 0.25) is 5.91 Å². The maximum absolute atomic E-state index is 11.6. The van der Waals surface area contributed by atoms with Gasteiger partial charge in [-0.2, -0.15) is 0 Å². The van der Waals surface area contributed by atoms with E-state index in [0.29, 0.717) is 6.61 Å². The molecule has 0 fully saturated rings. The van der Waals surface area contributed by atoms with Crippen molar-refractivity contribution < 1.29 is 9.53 Å². The van der Waals surface area contributed by atoms with Crippen molar-refractivity contribution >= 4 is 5.91 Å². The molecule has 1 unspecified atom stereocenters. The standard InChI is InChI=1S/C16H26N2O2/c1-13(2)18-16(19)14(3)20-11-7-10-17-12-15-8-5-4-6-9-15/h4-6,8-9,13-14,17H,7,10-12H2,1-3H3,(H,18,19). The molecule has 112 valence electrons. The molecular weight excluding hydrogens is 252 g/mol. The Morgan fingerprint density at radius 3 is 2.55 bits per heavy atom. The first-order valence-electron chi connectivity index (χ1n) is 7.26. The summed E-state index contributed by atoms with van der Waals surface area (Å²) >= 11 is 0. The lowest BCUT2D eigenvalue weighted by Crippen LogP contribution is -2.38. The summed E-state index contributed by atoms with van der Waals surface area (Å²) in [6.45, 7) is 8.01. The number of amides is 1. The molecule has 2 N–H and O–H groups in total. The molecule has 1 aromatic rings. The van der Waals surface area contributed by atoms with Gasteiger partial charge in [0.1, 0.15) is 6.10 Å². The number of rotatable bonds is 9. The highest BCUT2D eigenvalue weighted by molar-refractivity contribution is 5.80. The summed E-state index contributed by atoms with van der Waals surface area (Å²) in [5.74, 6) is -0.0442. The molecule has 0 aliphatic carbocycles. The summed E-state index contributed by atoms with van der Waals surface area (Å²) in [7, 11) is 0. The highest BCUT2D eigenvalue weighted by Crippen LogP contribution is 1.98. The topological polar surface area (TPSA) is 50.4 Å². The minimum absolute atomic E-state index is 0.0442. The molecule has 0 aliphatic heterocycles. The molecule has 0 saturated carbocycles. The van der Waals surface area contributed by atoms with Crippen LogP contribution < -0.4 is 10.6 Å². The van der Waals surface area contributed by atoms with Crippen LogP contribution in [0.25, 0.3) is 0 Å². The zero-order valence-electron chi connectivity index (χ0n) is 12.7. The zero-order valence-corrected chi connectivity index (χ0v) is 12.7. The molecule has 0 bridgehead atoms. The molecule has 0 spiro atoms. The fraction of sp³-hybridized carbons (Fsp3) is 0.562. The summed E-state index contributed by atoms with van der Waals surface area (Å²) in [5, 5.41) is 6.19. The summed E-state index contributed by atoms with van der Waals surface area (Å²) in [4.78, 5) is 11.6. The number of hydrogen-bond acceptors (Lipinski definition) is 3. The van der Waals surface area contributed by atoms with Crippen LogP contribution in [0.2, 0.25) is 0 Å². The van der Waals surface area contributed by atoms with Gasteiger partial charge in [-0.3, -0.25) is 4.79 Å². The largest absolute Gasteiger partial charge is 0.369 e. The Morgan fingerprint density at radius 1 is 1.20 bits per heavy atom. The van der Waals surface area contributed by atoms with E-state index in [9.17, 15) is 4.79 Å². The van der Waals surface area contributed by atoms with Crippen molar-refractivity contribution in [2.75, 3.05) is 13.2 Å². The molecule has 20 heavy (non-hydrogen) atoms. The van der Waals surface area contributed by atoms with Gasteiger partial charge in [0.05, 0.1) is 0 Å². The van der Waals surface area contributed by atoms with Crippen LogP contribution in [0, 0.1) is 0 Å². The van der Waals surface area contributed by atoms with Crippen molar-refractivity contribution in [3.63, 3.8) is 0 Å². The number of benzene rings is 1. The summed E-state index contributed by atoms with van der Waals surface area (Å²) < 4.78 is 5.50. The van der Waals surface area contributed by atoms with Crippen LogP contribution in [0.4, 0.5) is 0 Å².